The van der Waals surface area contributed by atoms with Crippen molar-refractivity contribution >= 4 is 5.78 Å². The number of carbonyl (C=O) groups excluding carboxylic acids is 1. The van der Waals surface area contributed by atoms with Gasteiger partial charge < -0.3 is 0 Å². The monoisotopic (exact) mass is 400 g/mol. The van der Waals surface area contributed by atoms with Crippen LogP contribution >= 0.6 is 0 Å². The van der Waals surface area contributed by atoms with Crippen molar-refractivity contribution in [2.45, 2.75) is 112 Å². The van der Waals surface area contributed by atoms with Gasteiger partial charge in [-0.25, -0.2) is 0 Å². The zero-order chi connectivity index (χ0) is 21.0. The number of hydrogen-bond donors (Lipinski definition) is 0. The van der Waals surface area contributed by atoms with Crippen LogP contribution in [-0.4, -0.2) is 5.78 Å². The molecule has 0 unspecified atom stereocenters. The predicted octanol–water partition coefficient (Wildman–Crippen LogP) is 7.92. The summed E-state index contributed by atoms with van der Waals surface area (Å²) in [6, 6.07) is 0. The van der Waals surface area contributed by atoms with Gasteiger partial charge in [-0.05, 0) is 103 Å². The summed E-state index contributed by atoms with van der Waals surface area (Å²) in [7, 11) is 0. The summed E-state index contributed by atoms with van der Waals surface area (Å²) in [5.74, 6) is 7.60. The van der Waals surface area contributed by atoms with Crippen LogP contribution in [0.4, 0.5) is 0 Å². The van der Waals surface area contributed by atoms with E-state index in [1.807, 2.05) is 0 Å². The van der Waals surface area contributed by atoms with E-state index in [0.717, 1.165) is 54.3 Å². The van der Waals surface area contributed by atoms with Crippen molar-refractivity contribution in [3.63, 3.8) is 0 Å². The molecule has 9 atom stereocenters. The maximum atomic E-state index is 12.1. The number of rotatable bonds is 5. The van der Waals surface area contributed by atoms with E-state index in [4.69, 9.17) is 0 Å². The summed E-state index contributed by atoms with van der Waals surface area (Å²) >= 11 is 0. The Kier molecular flexibility index (Phi) is 6.02. The molecule has 4 aliphatic carbocycles. The standard InChI is InChI=1S/C28H48O/c1-18(2)19(3)7-8-20(4)24-11-12-25-23-10-9-21-17-22(29)13-15-27(21,5)26(23)14-16-28(24,25)6/h18-21,23-26H,7-17H2,1-6H3/t19-,20+,21+,23-,24+,25-,26-,27-,28+/m0/s1. The first kappa shape index (κ1) is 21.9. The maximum Gasteiger partial charge on any atom is 0.133 e. The lowest BCUT2D eigenvalue weighted by atomic mass is 9.44. The Morgan fingerprint density at radius 1 is 0.862 bits per heavy atom. The maximum absolute atomic E-state index is 12.1. The fourth-order valence-corrected chi connectivity index (χ4v) is 9.08. The molecule has 1 heteroatoms. The molecular weight excluding hydrogens is 352 g/mol. The fourth-order valence-electron chi connectivity index (χ4n) is 9.08. The van der Waals surface area contributed by atoms with Crippen LogP contribution in [0.5, 0.6) is 0 Å². The zero-order valence-corrected chi connectivity index (χ0v) is 20.3. The minimum Gasteiger partial charge on any atom is -0.300 e. The van der Waals surface area contributed by atoms with Gasteiger partial charge in [0.05, 0.1) is 0 Å². The van der Waals surface area contributed by atoms with Gasteiger partial charge >= 0.3 is 0 Å². The van der Waals surface area contributed by atoms with Crippen molar-refractivity contribution in [3.05, 3.63) is 0 Å². The van der Waals surface area contributed by atoms with Gasteiger partial charge in [0.25, 0.3) is 0 Å². The van der Waals surface area contributed by atoms with E-state index >= 15 is 0 Å². The molecule has 4 rings (SSSR count). The lowest BCUT2D eigenvalue weighted by Gasteiger charge is -2.60. The van der Waals surface area contributed by atoms with E-state index in [0.29, 0.717) is 22.5 Å². The average Bonchev–Trinajstić information content (AvgIpc) is 3.03. The van der Waals surface area contributed by atoms with E-state index in [-0.39, 0.29) is 0 Å². The molecule has 29 heavy (non-hydrogen) atoms. The Morgan fingerprint density at radius 2 is 1.59 bits per heavy atom. The van der Waals surface area contributed by atoms with Crippen LogP contribution in [0.1, 0.15) is 112 Å². The van der Waals surface area contributed by atoms with Crippen molar-refractivity contribution in [2.75, 3.05) is 0 Å². The van der Waals surface area contributed by atoms with Crippen LogP contribution in [0.2, 0.25) is 0 Å². The number of Topliss-reactive ketones (excluding diaryl/α,β-unsaturated/α-hetero) is 1. The highest BCUT2D eigenvalue weighted by molar-refractivity contribution is 5.79. The largest absolute Gasteiger partial charge is 0.300 e. The summed E-state index contributed by atoms with van der Waals surface area (Å²) in [4.78, 5) is 12.1. The van der Waals surface area contributed by atoms with Crippen molar-refractivity contribution in [1.82, 2.24) is 0 Å². The Hall–Kier alpha value is -0.330. The summed E-state index contributed by atoms with van der Waals surface area (Å²) < 4.78 is 0. The predicted molar refractivity (Wildman–Crippen MR) is 123 cm³/mol. The Labute approximate surface area is 181 Å². The van der Waals surface area contributed by atoms with E-state index in [9.17, 15) is 4.79 Å². The third kappa shape index (κ3) is 3.65. The third-order valence-corrected chi connectivity index (χ3v) is 11.5. The first-order valence-corrected chi connectivity index (χ1v) is 13.2. The molecule has 0 aromatic rings. The zero-order valence-electron chi connectivity index (χ0n) is 20.3. The fraction of sp³-hybridized carbons (Fsp3) is 0.964. The summed E-state index contributed by atoms with van der Waals surface area (Å²) in [6.07, 6.45) is 14.4. The van der Waals surface area contributed by atoms with Crippen LogP contribution in [-0.2, 0) is 4.79 Å². The molecule has 0 N–H and O–H groups in total. The first-order chi connectivity index (χ1) is 13.7. The molecule has 0 amide bonds. The van der Waals surface area contributed by atoms with E-state index in [1.54, 1.807) is 0 Å². The van der Waals surface area contributed by atoms with E-state index in [1.165, 1.54) is 57.8 Å². The molecule has 0 saturated heterocycles. The molecular formula is C28H48O. The third-order valence-electron chi connectivity index (χ3n) is 11.5. The van der Waals surface area contributed by atoms with Crippen molar-refractivity contribution in [3.8, 4) is 0 Å². The Balaban J connectivity index is 1.46. The van der Waals surface area contributed by atoms with Gasteiger partial charge in [-0.15, -0.1) is 0 Å². The minimum atomic E-state index is 0.467. The highest BCUT2D eigenvalue weighted by Crippen LogP contribution is 2.68. The molecule has 0 heterocycles. The van der Waals surface area contributed by atoms with E-state index < -0.39 is 0 Å². The van der Waals surface area contributed by atoms with Gasteiger partial charge in [-0.2, -0.15) is 0 Å². The second-order valence-corrected chi connectivity index (χ2v) is 12.9. The van der Waals surface area contributed by atoms with Gasteiger partial charge in [0, 0.05) is 12.8 Å². The summed E-state index contributed by atoms with van der Waals surface area (Å²) in [5, 5.41) is 0. The molecule has 0 aromatic heterocycles. The summed E-state index contributed by atoms with van der Waals surface area (Å²) in [5.41, 5.74) is 1.06. The van der Waals surface area contributed by atoms with Gasteiger partial charge in [-0.3, -0.25) is 4.79 Å². The lowest BCUT2D eigenvalue weighted by molar-refractivity contribution is -0.140. The molecule has 0 spiro atoms. The number of ketones is 1. The topological polar surface area (TPSA) is 17.1 Å². The van der Waals surface area contributed by atoms with Gasteiger partial charge in [0.2, 0.25) is 0 Å². The molecule has 4 aliphatic rings. The number of hydrogen-bond acceptors (Lipinski definition) is 1. The van der Waals surface area contributed by atoms with Crippen LogP contribution in [0.15, 0.2) is 0 Å². The molecule has 4 saturated carbocycles. The van der Waals surface area contributed by atoms with E-state index in [2.05, 4.69) is 41.5 Å². The van der Waals surface area contributed by atoms with Crippen molar-refractivity contribution in [1.29, 1.82) is 0 Å². The first-order valence-electron chi connectivity index (χ1n) is 13.2. The Morgan fingerprint density at radius 3 is 2.31 bits per heavy atom. The highest BCUT2D eigenvalue weighted by atomic mass is 16.1. The molecule has 0 aliphatic heterocycles. The van der Waals surface area contributed by atoms with Crippen LogP contribution in [0.3, 0.4) is 0 Å². The van der Waals surface area contributed by atoms with Crippen molar-refractivity contribution in [2.24, 2.45) is 58.2 Å². The summed E-state index contributed by atoms with van der Waals surface area (Å²) in [6.45, 7) is 15.1. The van der Waals surface area contributed by atoms with Gasteiger partial charge in [-0.1, -0.05) is 54.4 Å². The molecule has 0 bridgehead atoms. The minimum absolute atomic E-state index is 0.467. The number of fused-ring (bicyclic) bond motifs is 5. The smallest absolute Gasteiger partial charge is 0.133 e. The average molecular weight is 401 g/mol. The number of carbonyl (C=O) groups is 1. The Bertz CT molecular complexity index is 607. The van der Waals surface area contributed by atoms with Crippen LogP contribution < -0.4 is 0 Å². The molecule has 4 fully saturated rings. The molecule has 1 nitrogen and oxygen atoms in total. The SMILES string of the molecule is CC(C)[C@@H](C)CC[C@@H](C)[C@H]1CC[C@H]2[C@@H]3CC[C@@H]4CC(=O)CC[C@]4(C)[C@H]3CC[C@]12C. The van der Waals surface area contributed by atoms with Crippen LogP contribution in [0.25, 0.3) is 0 Å². The molecule has 0 radical (unpaired) electrons. The van der Waals surface area contributed by atoms with Gasteiger partial charge in [0.1, 0.15) is 5.78 Å². The second kappa shape index (κ2) is 7.98. The molecule has 166 valence electrons. The highest BCUT2D eigenvalue weighted by Gasteiger charge is 2.60. The normalized spacial score (nSPS) is 46.7. The molecule has 0 aromatic carbocycles. The lowest BCUT2D eigenvalue weighted by Crippen LogP contribution is -2.53. The van der Waals surface area contributed by atoms with Crippen LogP contribution in [0, 0.1) is 58.2 Å². The van der Waals surface area contributed by atoms with Gasteiger partial charge in [0.15, 0.2) is 0 Å². The van der Waals surface area contributed by atoms with Crippen molar-refractivity contribution < 1.29 is 4.79 Å². The quantitative estimate of drug-likeness (QED) is 0.458. The second-order valence-electron chi connectivity index (χ2n) is 12.9.